The number of ether oxygens (including phenoxy) is 1. The van der Waals surface area contributed by atoms with Crippen LogP contribution in [-0.2, 0) is 22.2 Å². The summed E-state index contributed by atoms with van der Waals surface area (Å²) in [6.07, 6.45) is -5.34. The molecule has 3 heterocycles. The zero-order chi connectivity index (χ0) is 27.3. The predicted molar refractivity (Wildman–Crippen MR) is 117 cm³/mol. The SMILES string of the molecule is Cc1ccc(C(CO)(OC(=O)C(F)(F)F)C(F)(F)F)cc1-c1cnc2c(N)nc(-c3cnn(C)c3)cn12. The molecule has 0 saturated carbocycles. The van der Waals surface area contributed by atoms with Gasteiger partial charge < -0.3 is 15.6 Å². The number of nitrogens with zero attached hydrogens (tertiary/aromatic N) is 5. The molecule has 9 nitrogen and oxygen atoms in total. The van der Waals surface area contributed by atoms with Gasteiger partial charge in [0.25, 0.3) is 5.60 Å². The Labute approximate surface area is 204 Å². The van der Waals surface area contributed by atoms with Crippen LogP contribution in [0.25, 0.3) is 28.2 Å². The molecule has 4 rings (SSSR count). The number of alkyl halides is 6. The average Bonchev–Trinajstić information content (AvgIpc) is 3.43. The number of rotatable bonds is 5. The van der Waals surface area contributed by atoms with E-state index in [1.165, 1.54) is 33.7 Å². The molecule has 0 fully saturated rings. The number of nitrogens with two attached hydrogens (primary N) is 1. The molecule has 4 aromatic rings. The van der Waals surface area contributed by atoms with Gasteiger partial charge in [0.1, 0.15) is 0 Å². The van der Waals surface area contributed by atoms with E-state index in [-0.39, 0.29) is 22.7 Å². The number of esters is 1. The van der Waals surface area contributed by atoms with Crippen LogP contribution in [-0.4, -0.2) is 54.2 Å². The van der Waals surface area contributed by atoms with E-state index < -0.39 is 36.1 Å². The molecule has 1 unspecified atom stereocenters. The van der Waals surface area contributed by atoms with Gasteiger partial charge in [-0.15, -0.1) is 0 Å². The summed E-state index contributed by atoms with van der Waals surface area (Å²) < 4.78 is 87.6. The van der Waals surface area contributed by atoms with Crippen molar-refractivity contribution >= 4 is 17.4 Å². The fourth-order valence-electron chi connectivity index (χ4n) is 3.76. The molecule has 0 radical (unpaired) electrons. The largest absolute Gasteiger partial charge is 0.490 e. The van der Waals surface area contributed by atoms with Crippen molar-refractivity contribution in [2.45, 2.75) is 24.9 Å². The van der Waals surface area contributed by atoms with Gasteiger partial charge >= 0.3 is 18.3 Å². The first-order chi connectivity index (χ1) is 17.2. The highest BCUT2D eigenvalue weighted by Crippen LogP contribution is 2.44. The third-order valence-corrected chi connectivity index (χ3v) is 5.68. The van der Waals surface area contributed by atoms with E-state index in [4.69, 9.17) is 5.73 Å². The summed E-state index contributed by atoms with van der Waals surface area (Å²) in [6, 6.07) is 2.90. The Morgan fingerprint density at radius 1 is 1.14 bits per heavy atom. The van der Waals surface area contributed by atoms with Crippen LogP contribution in [0, 0.1) is 6.92 Å². The Morgan fingerprint density at radius 2 is 1.84 bits per heavy atom. The van der Waals surface area contributed by atoms with Gasteiger partial charge in [0.15, 0.2) is 11.5 Å². The Bertz CT molecular complexity index is 1490. The van der Waals surface area contributed by atoms with E-state index in [2.05, 4.69) is 19.8 Å². The smallest absolute Gasteiger partial charge is 0.435 e. The maximum atomic E-state index is 14.1. The van der Waals surface area contributed by atoms with Crippen LogP contribution in [0.15, 0.2) is 43.0 Å². The standard InChI is InChI=1S/C22H18F6N6O3/c1-11-3-4-13(20(10-35,22(26,27)28)37-19(36)21(23,24)25)5-14(11)16-7-30-18-17(29)32-15(9-34(16)18)12-6-31-33(2)8-12/h3-9,35H,10H2,1-2H3,(H2,29,32). The number of hydrogen-bond donors (Lipinski definition) is 2. The second-order valence-electron chi connectivity index (χ2n) is 8.15. The molecule has 15 heteroatoms. The van der Waals surface area contributed by atoms with Crippen LogP contribution in [0.5, 0.6) is 0 Å². The van der Waals surface area contributed by atoms with E-state index in [1.54, 1.807) is 20.2 Å². The van der Waals surface area contributed by atoms with Crippen molar-refractivity contribution in [3.05, 3.63) is 54.1 Å². The highest BCUT2D eigenvalue weighted by atomic mass is 19.4. The average molecular weight is 528 g/mol. The van der Waals surface area contributed by atoms with Gasteiger partial charge in [-0.25, -0.2) is 14.8 Å². The van der Waals surface area contributed by atoms with Gasteiger partial charge in [-0.1, -0.05) is 12.1 Å². The first-order valence-electron chi connectivity index (χ1n) is 10.4. The van der Waals surface area contributed by atoms with Crippen molar-refractivity contribution in [1.29, 1.82) is 0 Å². The molecule has 0 amide bonds. The molecule has 0 aliphatic rings. The number of fused-ring (bicyclic) bond motifs is 1. The van der Waals surface area contributed by atoms with Crippen molar-refractivity contribution in [3.8, 4) is 22.5 Å². The lowest BCUT2D eigenvalue weighted by molar-refractivity contribution is -0.299. The number of halogens is 6. The summed E-state index contributed by atoms with van der Waals surface area (Å²) >= 11 is 0. The van der Waals surface area contributed by atoms with Crippen LogP contribution in [0.3, 0.4) is 0 Å². The van der Waals surface area contributed by atoms with Gasteiger partial charge in [0.2, 0.25) is 0 Å². The molecular formula is C22H18F6N6O3. The number of carbonyl (C=O) groups is 1. The maximum absolute atomic E-state index is 14.1. The van der Waals surface area contributed by atoms with Gasteiger partial charge in [-0.2, -0.15) is 31.4 Å². The number of aryl methyl sites for hydroxylation is 2. The number of benzene rings is 1. The van der Waals surface area contributed by atoms with Gasteiger partial charge in [-0.3, -0.25) is 9.08 Å². The Balaban J connectivity index is 1.92. The molecule has 0 saturated heterocycles. The van der Waals surface area contributed by atoms with E-state index in [0.717, 1.165) is 12.1 Å². The number of aromatic nitrogens is 5. The second-order valence-corrected chi connectivity index (χ2v) is 8.15. The van der Waals surface area contributed by atoms with Crippen molar-refractivity contribution < 1.29 is 41.0 Å². The molecule has 0 spiro atoms. The van der Waals surface area contributed by atoms with Crippen molar-refractivity contribution in [2.24, 2.45) is 7.05 Å². The zero-order valence-electron chi connectivity index (χ0n) is 19.1. The summed E-state index contributed by atoms with van der Waals surface area (Å²) in [6.45, 7) is -0.447. The number of imidazole rings is 1. The maximum Gasteiger partial charge on any atom is 0.490 e. The molecular weight excluding hydrogens is 510 g/mol. The van der Waals surface area contributed by atoms with E-state index in [9.17, 15) is 36.2 Å². The highest BCUT2D eigenvalue weighted by Gasteiger charge is 2.62. The number of anilines is 1. The molecule has 3 N–H and O–H groups in total. The van der Waals surface area contributed by atoms with E-state index in [1.807, 2.05) is 0 Å². The number of aliphatic hydroxyl groups excluding tert-OH is 1. The van der Waals surface area contributed by atoms with Crippen LogP contribution in [0.2, 0.25) is 0 Å². The molecule has 0 bridgehead atoms. The summed E-state index contributed by atoms with van der Waals surface area (Å²) in [4.78, 5) is 19.9. The third kappa shape index (κ3) is 4.45. The Kier molecular flexibility index (Phi) is 6.14. The molecule has 1 aromatic carbocycles. The van der Waals surface area contributed by atoms with Crippen molar-refractivity contribution in [1.82, 2.24) is 24.1 Å². The van der Waals surface area contributed by atoms with Crippen LogP contribution in [0.1, 0.15) is 11.1 Å². The van der Waals surface area contributed by atoms with E-state index >= 15 is 0 Å². The fraction of sp³-hybridized carbons (Fsp3) is 0.273. The van der Waals surface area contributed by atoms with Crippen LogP contribution >= 0.6 is 0 Å². The summed E-state index contributed by atoms with van der Waals surface area (Å²) in [5.41, 5.74) is 2.95. The molecule has 3 aromatic heterocycles. The molecule has 0 aliphatic heterocycles. The van der Waals surface area contributed by atoms with Crippen LogP contribution in [0.4, 0.5) is 32.2 Å². The second kappa shape index (κ2) is 8.76. The minimum absolute atomic E-state index is 0.000476. The van der Waals surface area contributed by atoms with E-state index in [0.29, 0.717) is 16.8 Å². The Morgan fingerprint density at radius 3 is 2.41 bits per heavy atom. The lowest BCUT2D eigenvalue weighted by atomic mass is 9.90. The summed E-state index contributed by atoms with van der Waals surface area (Å²) in [5.74, 6) is -3.10. The first-order valence-corrected chi connectivity index (χ1v) is 10.4. The third-order valence-electron chi connectivity index (χ3n) is 5.68. The van der Waals surface area contributed by atoms with Gasteiger partial charge in [0.05, 0.1) is 30.4 Å². The highest BCUT2D eigenvalue weighted by molar-refractivity contribution is 5.77. The van der Waals surface area contributed by atoms with Crippen molar-refractivity contribution in [2.75, 3.05) is 12.3 Å². The molecule has 37 heavy (non-hydrogen) atoms. The number of aliphatic hydroxyl groups is 1. The summed E-state index contributed by atoms with van der Waals surface area (Å²) in [5, 5.41) is 13.7. The topological polar surface area (TPSA) is 121 Å². The summed E-state index contributed by atoms with van der Waals surface area (Å²) in [7, 11) is 1.68. The number of nitrogen functional groups attached to an aromatic ring is 1. The predicted octanol–water partition coefficient (Wildman–Crippen LogP) is 3.54. The van der Waals surface area contributed by atoms with Gasteiger partial charge in [-0.05, 0) is 18.6 Å². The minimum atomic E-state index is -5.73. The number of carbonyl (C=O) groups excluding carboxylic acids is 1. The lowest BCUT2D eigenvalue weighted by Crippen LogP contribution is -2.51. The molecule has 1 atom stereocenters. The quantitative estimate of drug-likeness (QED) is 0.300. The normalized spacial score (nSPS) is 14.1. The molecule has 196 valence electrons. The monoisotopic (exact) mass is 528 g/mol. The first kappa shape index (κ1) is 25.9. The lowest BCUT2D eigenvalue weighted by Gasteiger charge is -2.34. The molecule has 0 aliphatic carbocycles. The van der Waals surface area contributed by atoms with Gasteiger partial charge in [0, 0.05) is 36.1 Å². The van der Waals surface area contributed by atoms with Crippen molar-refractivity contribution in [3.63, 3.8) is 0 Å². The number of hydrogen-bond acceptors (Lipinski definition) is 7. The van der Waals surface area contributed by atoms with Crippen LogP contribution < -0.4 is 5.73 Å². The zero-order valence-corrected chi connectivity index (χ0v) is 19.1. The minimum Gasteiger partial charge on any atom is -0.435 e. The fourth-order valence-corrected chi connectivity index (χ4v) is 3.76. The Hall–Kier alpha value is -4.14.